The van der Waals surface area contributed by atoms with Crippen molar-refractivity contribution in [3.05, 3.63) is 48.8 Å². The number of amides is 1. The third kappa shape index (κ3) is 6.47. The van der Waals surface area contributed by atoms with E-state index >= 15 is 0 Å². The third-order valence-corrected chi connectivity index (χ3v) is 4.95. The number of hydrogen-bond donors (Lipinski definition) is 1. The molecule has 0 saturated carbocycles. The second-order valence-electron chi connectivity index (χ2n) is 5.92. The highest BCUT2D eigenvalue weighted by Crippen LogP contribution is 2.18. The zero-order valence-corrected chi connectivity index (χ0v) is 15.5. The first-order chi connectivity index (χ1) is 12.4. The summed E-state index contributed by atoms with van der Waals surface area (Å²) in [7, 11) is -3.50. The van der Waals surface area contributed by atoms with Gasteiger partial charge in [0.25, 0.3) is 0 Å². The van der Waals surface area contributed by atoms with Crippen molar-refractivity contribution < 1.29 is 17.6 Å². The Labute approximate surface area is 152 Å². The van der Waals surface area contributed by atoms with Crippen molar-refractivity contribution in [3.63, 3.8) is 0 Å². The lowest BCUT2D eigenvalue weighted by Gasteiger charge is -2.22. The molecule has 0 bridgehead atoms. The summed E-state index contributed by atoms with van der Waals surface area (Å²) >= 11 is 0. The van der Waals surface area contributed by atoms with Crippen LogP contribution in [0.4, 0.5) is 10.1 Å². The number of carbonyl (C=O) groups excluding carboxylic acids is 1. The van der Waals surface area contributed by atoms with Crippen LogP contribution < -0.4 is 9.62 Å². The highest BCUT2D eigenvalue weighted by atomic mass is 32.2. The van der Waals surface area contributed by atoms with Crippen molar-refractivity contribution in [1.82, 2.24) is 14.9 Å². The molecule has 0 atom stereocenters. The average molecular weight is 382 g/mol. The number of benzene rings is 1. The van der Waals surface area contributed by atoms with Crippen LogP contribution in [0.15, 0.2) is 43.0 Å². The van der Waals surface area contributed by atoms with E-state index in [1.807, 2.05) is 10.8 Å². The van der Waals surface area contributed by atoms with Crippen molar-refractivity contribution in [2.24, 2.45) is 0 Å². The minimum atomic E-state index is -3.50. The van der Waals surface area contributed by atoms with E-state index in [4.69, 9.17) is 0 Å². The molecule has 0 unspecified atom stereocenters. The van der Waals surface area contributed by atoms with Crippen LogP contribution in [0.1, 0.15) is 19.3 Å². The van der Waals surface area contributed by atoms with E-state index in [9.17, 15) is 17.6 Å². The van der Waals surface area contributed by atoms with Gasteiger partial charge in [-0.05, 0) is 37.1 Å². The highest BCUT2D eigenvalue weighted by Gasteiger charge is 2.17. The molecule has 2 aromatic rings. The number of imidazole rings is 1. The molecule has 0 saturated heterocycles. The Kier molecular flexibility index (Phi) is 7.14. The van der Waals surface area contributed by atoms with E-state index in [1.165, 1.54) is 28.6 Å². The minimum Gasteiger partial charge on any atom is -0.356 e. The molecule has 1 aromatic heterocycles. The standard InChI is InChI=1S/C17H23FN4O3S/c1-26(24,25)22(16-7-5-15(18)6-8-16)12-2-4-17(23)20-9-3-11-21-13-10-19-14-21/h5-8,10,13-14H,2-4,9,11-12H2,1H3,(H,20,23). The van der Waals surface area contributed by atoms with Gasteiger partial charge in [0, 0.05) is 38.4 Å². The maximum Gasteiger partial charge on any atom is 0.232 e. The fourth-order valence-electron chi connectivity index (χ4n) is 2.47. The number of rotatable bonds is 10. The fraction of sp³-hybridized carbons (Fsp3) is 0.412. The molecule has 2 rings (SSSR count). The maximum atomic E-state index is 13.0. The summed E-state index contributed by atoms with van der Waals surface area (Å²) in [4.78, 5) is 15.8. The summed E-state index contributed by atoms with van der Waals surface area (Å²) in [5.74, 6) is -0.555. The van der Waals surface area contributed by atoms with Crippen molar-refractivity contribution in [2.45, 2.75) is 25.8 Å². The summed E-state index contributed by atoms with van der Waals surface area (Å²) in [6.45, 7) is 1.48. The van der Waals surface area contributed by atoms with E-state index in [2.05, 4.69) is 10.3 Å². The first-order valence-corrected chi connectivity index (χ1v) is 10.2. The summed E-state index contributed by atoms with van der Waals surface area (Å²) in [5, 5.41) is 2.81. The number of sulfonamides is 1. The summed E-state index contributed by atoms with van der Waals surface area (Å²) in [6.07, 6.45) is 7.75. The Morgan fingerprint density at radius 3 is 2.62 bits per heavy atom. The molecule has 0 aliphatic heterocycles. The van der Waals surface area contributed by atoms with Gasteiger partial charge in [0.15, 0.2) is 0 Å². The van der Waals surface area contributed by atoms with Crippen LogP contribution in [-0.2, 0) is 21.4 Å². The highest BCUT2D eigenvalue weighted by molar-refractivity contribution is 7.92. The van der Waals surface area contributed by atoms with Crippen molar-refractivity contribution in [3.8, 4) is 0 Å². The van der Waals surface area contributed by atoms with Gasteiger partial charge in [-0.1, -0.05) is 0 Å². The number of nitrogens with zero attached hydrogens (tertiary/aromatic N) is 3. The Hall–Kier alpha value is -2.42. The van der Waals surface area contributed by atoms with Crippen molar-refractivity contribution >= 4 is 21.6 Å². The van der Waals surface area contributed by atoms with Gasteiger partial charge in [-0.25, -0.2) is 17.8 Å². The average Bonchev–Trinajstić information content (AvgIpc) is 3.09. The van der Waals surface area contributed by atoms with Crippen molar-refractivity contribution in [2.75, 3.05) is 23.7 Å². The molecule has 142 valence electrons. The van der Waals surface area contributed by atoms with E-state index < -0.39 is 15.8 Å². The van der Waals surface area contributed by atoms with E-state index in [-0.39, 0.29) is 18.9 Å². The van der Waals surface area contributed by atoms with E-state index in [0.717, 1.165) is 19.2 Å². The molecular formula is C17H23FN4O3S. The van der Waals surface area contributed by atoms with Gasteiger partial charge in [-0.15, -0.1) is 0 Å². The van der Waals surface area contributed by atoms with Gasteiger partial charge in [0.05, 0.1) is 18.3 Å². The normalized spacial score (nSPS) is 11.3. The number of anilines is 1. The lowest BCUT2D eigenvalue weighted by atomic mass is 10.2. The molecule has 1 amide bonds. The minimum absolute atomic E-state index is 0.122. The lowest BCUT2D eigenvalue weighted by Crippen LogP contribution is -2.32. The van der Waals surface area contributed by atoms with Crippen LogP contribution in [0.2, 0.25) is 0 Å². The van der Waals surface area contributed by atoms with Crippen LogP contribution in [0.25, 0.3) is 0 Å². The summed E-state index contributed by atoms with van der Waals surface area (Å²) in [6, 6.07) is 5.24. The number of aryl methyl sites for hydroxylation is 1. The Morgan fingerprint density at radius 2 is 2.00 bits per heavy atom. The van der Waals surface area contributed by atoms with Crippen LogP contribution in [0, 0.1) is 5.82 Å². The number of hydrogen-bond acceptors (Lipinski definition) is 4. The number of aromatic nitrogens is 2. The van der Waals surface area contributed by atoms with Gasteiger partial charge in [-0.3, -0.25) is 9.10 Å². The molecule has 7 nitrogen and oxygen atoms in total. The first kappa shape index (κ1) is 19.9. The molecular weight excluding hydrogens is 359 g/mol. The predicted molar refractivity (Wildman–Crippen MR) is 97.7 cm³/mol. The quantitative estimate of drug-likeness (QED) is 0.635. The second-order valence-corrected chi connectivity index (χ2v) is 7.83. The second kappa shape index (κ2) is 9.33. The third-order valence-electron chi connectivity index (χ3n) is 3.75. The van der Waals surface area contributed by atoms with Gasteiger partial charge >= 0.3 is 0 Å². The molecule has 1 N–H and O–H groups in total. The molecule has 0 fully saturated rings. The lowest BCUT2D eigenvalue weighted by molar-refractivity contribution is -0.121. The molecule has 9 heteroatoms. The van der Waals surface area contributed by atoms with Crippen molar-refractivity contribution in [1.29, 1.82) is 0 Å². The number of carbonyl (C=O) groups is 1. The van der Waals surface area contributed by atoms with Gasteiger partial charge in [0.2, 0.25) is 15.9 Å². The molecule has 0 radical (unpaired) electrons. The molecule has 0 spiro atoms. The van der Waals surface area contributed by atoms with Crippen LogP contribution >= 0.6 is 0 Å². The molecule has 0 aliphatic rings. The zero-order valence-electron chi connectivity index (χ0n) is 14.6. The number of halogens is 1. The Bertz CT molecular complexity index is 792. The van der Waals surface area contributed by atoms with E-state index in [0.29, 0.717) is 18.7 Å². The van der Waals surface area contributed by atoms with Gasteiger partial charge < -0.3 is 9.88 Å². The monoisotopic (exact) mass is 382 g/mol. The fourth-order valence-corrected chi connectivity index (χ4v) is 3.44. The maximum absolute atomic E-state index is 13.0. The molecule has 26 heavy (non-hydrogen) atoms. The summed E-state index contributed by atoms with van der Waals surface area (Å²) in [5.41, 5.74) is 0.384. The largest absolute Gasteiger partial charge is 0.356 e. The topological polar surface area (TPSA) is 84.3 Å². The van der Waals surface area contributed by atoms with Gasteiger partial charge in [-0.2, -0.15) is 0 Å². The Balaban J connectivity index is 1.74. The smallest absolute Gasteiger partial charge is 0.232 e. The van der Waals surface area contributed by atoms with Gasteiger partial charge in [0.1, 0.15) is 5.82 Å². The van der Waals surface area contributed by atoms with Crippen LogP contribution in [-0.4, -0.2) is 43.2 Å². The first-order valence-electron chi connectivity index (χ1n) is 8.32. The number of nitrogens with one attached hydrogen (secondary N) is 1. The molecule has 1 aromatic carbocycles. The molecule has 1 heterocycles. The zero-order chi connectivity index (χ0) is 19.0. The molecule has 0 aliphatic carbocycles. The SMILES string of the molecule is CS(=O)(=O)N(CCCC(=O)NCCCn1ccnc1)c1ccc(F)cc1. The predicted octanol–water partition coefficient (Wildman–Crippen LogP) is 1.77. The van der Waals surface area contributed by atoms with Crippen LogP contribution in [0.5, 0.6) is 0 Å². The summed E-state index contributed by atoms with van der Waals surface area (Å²) < 4.78 is 40.0. The van der Waals surface area contributed by atoms with Crippen LogP contribution in [0.3, 0.4) is 0 Å². The van der Waals surface area contributed by atoms with E-state index in [1.54, 1.807) is 12.5 Å². The Morgan fingerprint density at radius 1 is 1.27 bits per heavy atom.